The van der Waals surface area contributed by atoms with Gasteiger partial charge in [0.25, 0.3) is 0 Å². The number of rotatable bonds is 4. The zero-order valence-electron chi connectivity index (χ0n) is 11.1. The summed E-state index contributed by atoms with van der Waals surface area (Å²) in [7, 11) is 3.41. The molecule has 0 aliphatic rings. The molecule has 0 aliphatic carbocycles. The number of aryl methyl sites for hydroxylation is 1. The maximum absolute atomic E-state index is 11.3. The molecule has 1 heterocycles. The van der Waals surface area contributed by atoms with Gasteiger partial charge in [-0.3, -0.25) is 9.59 Å². The van der Waals surface area contributed by atoms with E-state index in [0.717, 1.165) is 17.2 Å². The van der Waals surface area contributed by atoms with Gasteiger partial charge in [-0.2, -0.15) is 0 Å². The number of carbonyl (C=O) groups excluding carboxylic acids is 2. The minimum Gasteiger partial charge on any atom is -0.497 e. The van der Waals surface area contributed by atoms with Crippen molar-refractivity contribution in [1.29, 1.82) is 0 Å². The summed E-state index contributed by atoms with van der Waals surface area (Å²) >= 11 is 0. The summed E-state index contributed by atoms with van der Waals surface area (Å²) in [5.41, 5.74) is 2.09. The van der Waals surface area contributed by atoms with E-state index in [1.807, 2.05) is 23.7 Å². The lowest BCUT2D eigenvalue weighted by Gasteiger charge is -2.05. The quantitative estimate of drug-likeness (QED) is 0.624. The summed E-state index contributed by atoms with van der Waals surface area (Å²) in [6.45, 7) is 1.42. The molecule has 0 bridgehead atoms. The highest BCUT2D eigenvalue weighted by Gasteiger charge is 2.16. The summed E-state index contributed by atoms with van der Waals surface area (Å²) in [5, 5.41) is 0.791. The van der Waals surface area contributed by atoms with E-state index >= 15 is 0 Å². The van der Waals surface area contributed by atoms with E-state index in [-0.39, 0.29) is 12.6 Å². The molecule has 19 heavy (non-hydrogen) atoms. The standard InChI is InChI=1S/C14H15NO4/c1-9(17)19-8-14-12(7-16)11-6-10(18-3)4-5-13(11)15(14)2/h4-7H,8H2,1-3H3. The number of methoxy groups -OCH3 is 1. The normalized spacial score (nSPS) is 10.5. The Labute approximate surface area is 110 Å². The molecule has 0 spiro atoms. The van der Waals surface area contributed by atoms with Crippen LogP contribution < -0.4 is 4.74 Å². The molecule has 2 aromatic rings. The summed E-state index contributed by atoms with van der Waals surface area (Å²) < 4.78 is 12.0. The van der Waals surface area contributed by atoms with Crippen molar-refractivity contribution in [3.63, 3.8) is 0 Å². The van der Waals surface area contributed by atoms with Crippen molar-refractivity contribution in [3.05, 3.63) is 29.5 Å². The molecule has 5 heteroatoms. The van der Waals surface area contributed by atoms with Crippen molar-refractivity contribution in [2.24, 2.45) is 7.05 Å². The van der Waals surface area contributed by atoms with Gasteiger partial charge in [-0.05, 0) is 18.2 Å². The van der Waals surface area contributed by atoms with Crippen molar-refractivity contribution in [2.75, 3.05) is 7.11 Å². The van der Waals surface area contributed by atoms with Crippen LogP contribution in [0.15, 0.2) is 18.2 Å². The summed E-state index contributed by atoms with van der Waals surface area (Å²) in [6, 6.07) is 5.50. The minimum atomic E-state index is -0.375. The van der Waals surface area contributed by atoms with Gasteiger partial charge >= 0.3 is 5.97 Å². The number of hydrogen-bond acceptors (Lipinski definition) is 4. The van der Waals surface area contributed by atoms with Crippen LogP contribution in [0.3, 0.4) is 0 Å². The first kappa shape index (κ1) is 13.1. The van der Waals surface area contributed by atoms with Crippen molar-refractivity contribution < 1.29 is 19.1 Å². The average molecular weight is 261 g/mol. The molecular formula is C14H15NO4. The lowest BCUT2D eigenvalue weighted by Crippen LogP contribution is -2.05. The summed E-state index contributed by atoms with van der Waals surface area (Å²) in [6.07, 6.45) is 0.778. The van der Waals surface area contributed by atoms with E-state index in [1.54, 1.807) is 13.2 Å². The minimum absolute atomic E-state index is 0.0803. The van der Waals surface area contributed by atoms with Crippen LogP contribution in [0, 0.1) is 0 Å². The van der Waals surface area contributed by atoms with Gasteiger partial charge < -0.3 is 14.0 Å². The fourth-order valence-corrected chi connectivity index (χ4v) is 2.11. The molecule has 0 saturated carbocycles. The van der Waals surface area contributed by atoms with E-state index in [4.69, 9.17) is 9.47 Å². The van der Waals surface area contributed by atoms with Gasteiger partial charge in [0.1, 0.15) is 12.4 Å². The van der Waals surface area contributed by atoms with Gasteiger partial charge in [0, 0.05) is 30.4 Å². The van der Waals surface area contributed by atoms with E-state index in [9.17, 15) is 9.59 Å². The van der Waals surface area contributed by atoms with Gasteiger partial charge in [-0.25, -0.2) is 0 Å². The Morgan fingerprint density at radius 1 is 1.42 bits per heavy atom. The highest BCUT2D eigenvalue weighted by Crippen LogP contribution is 2.28. The van der Waals surface area contributed by atoms with Crippen LogP contribution in [0.5, 0.6) is 5.75 Å². The Bertz CT molecular complexity index is 642. The van der Waals surface area contributed by atoms with Gasteiger partial charge in [0.15, 0.2) is 6.29 Å². The molecule has 0 amide bonds. The van der Waals surface area contributed by atoms with E-state index < -0.39 is 0 Å². The molecule has 0 aliphatic heterocycles. The third-order valence-electron chi connectivity index (χ3n) is 3.10. The SMILES string of the molecule is COc1ccc2c(c1)c(C=O)c(COC(C)=O)n2C. The number of nitrogens with zero attached hydrogens (tertiary/aromatic N) is 1. The number of aromatic nitrogens is 1. The highest BCUT2D eigenvalue weighted by molar-refractivity contribution is 6.00. The third-order valence-corrected chi connectivity index (χ3v) is 3.10. The number of esters is 1. The largest absolute Gasteiger partial charge is 0.497 e. The first-order chi connectivity index (χ1) is 9.08. The molecule has 0 fully saturated rings. The topological polar surface area (TPSA) is 57.5 Å². The number of ether oxygens (including phenoxy) is 2. The molecule has 0 unspecified atom stereocenters. The molecule has 0 N–H and O–H groups in total. The Morgan fingerprint density at radius 3 is 2.74 bits per heavy atom. The molecule has 0 saturated heterocycles. The van der Waals surface area contributed by atoms with Crippen LogP contribution >= 0.6 is 0 Å². The Kier molecular flexibility index (Phi) is 3.55. The lowest BCUT2D eigenvalue weighted by molar-refractivity contribution is -0.142. The van der Waals surface area contributed by atoms with Crippen LogP contribution in [0.25, 0.3) is 10.9 Å². The maximum atomic E-state index is 11.3. The second-order valence-corrected chi connectivity index (χ2v) is 4.20. The lowest BCUT2D eigenvalue weighted by atomic mass is 10.1. The Morgan fingerprint density at radius 2 is 2.16 bits per heavy atom. The third kappa shape index (κ3) is 2.31. The van der Waals surface area contributed by atoms with Gasteiger partial charge in [0.05, 0.1) is 12.8 Å². The Hall–Kier alpha value is -2.30. The molecule has 0 radical (unpaired) electrons. The fourth-order valence-electron chi connectivity index (χ4n) is 2.11. The van der Waals surface area contributed by atoms with E-state index in [1.165, 1.54) is 6.92 Å². The van der Waals surface area contributed by atoms with E-state index in [0.29, 0.717) is 17.0 Å². The van der Waals surface area contributed by atoms with Gasteiger partial charge in [-0.15, -0.1) is 0 Å². The van der Waals surface area contributed by atoms with Crippen LogP contribution in [0.2, 0.25) is 0 Å². The van der Waals surface area contributed by atoms with Crippen molar-refractivity contribution in [3.8, 4) is 5.75 Å². The second-order valence-electron chi connectivity index (χ2n) is 4.20. The zero-order chi connectivity index (χ0) is 14.0. The van der Waals surface area contributed by atoms with Gasteiger partial charge in [0.2, 0.25) is 0 Å². The molecule has 1 aromatic carbocycles. The number of hydrogen-bond donors (Lipinski definition) is 0. The zero-order valence-corrected chi connectivity index (χ0v) is 11.1. The summed E-state index contributed by atoms with van der Waals surface area (Å²) in [4.78, 5) is 22.2. The van der Waals surface area contributed by atoms with Crippen molar-refractivity contribution >= 4 is 23.2 Å². The molecule has 1 aromatic heterocycles. The number of benzene rings is 1. The predicted octanol–water partition coefficient (Wildman–Crippen LogP) is 2.06. The van der Waals surface area contributed by atoms with Gasteiger partial charge in [-0.1, -0.05) is 0 Å². The number of fused-ring (bicyclic) bond motifs is 1. The molecule has 100 valence electrons. The molecule has 5 nitrogen and oxygen atoms in total. The number of carbonyl (C=O) groups is 2. The first-order valence-corrected chi connectivity index (χ1v) is 5.82. The van der Waals surface area contributed by atoms with Crippen molar-refractivity contribution in [2.45, 2.75) is 13.5 Å². The molecule has 0 atom stereocenters. The second kappa shape index (κ2) is 5.14. The molecular weight excluding hydrogens is 246 g/mol. The van der Waals surface area contributed by atoms with Crippen LogP contribution in [0.1, 0.15) is 23.0 Å². The maximum Gasteiger partial charge on any atom is 0.303 e. The smallest absolute Gasteiger partial charge is 0.303 e. The molecule has 2 rings (SSSR count). The van der Waals surface area contributed by atoms with Crippen LogP contribution in [0.4, 0.5) is 0 Å². The van der Waals surface area contributed by atoms with Crippen molar-refractivity contribution in [1.82, 2.24) is 4.57 Å². The van der Waals surface area contributed by atoms with Crippen LogP contribution in [-0.2, 0) is 23.2 Å². The van der Waals surface area contributed by atoms with E-state index in [2.05, 4.69) is 0 Å². The number of aldehydes is 1. The Balaban J connectivity index is 2.59. The summed E-state index contributed by atoms with van der Waals surface area (Å²) in [5.74, 6) is 0.305. The highest BCUT2D eigenvalue weighted by atomic mass is 16.5. The predicted molar refractivity (Wildman–Crippen MR) is 70.3 cm³/mol. The fraction of sp³-hybridized carbons (Fsp3) is 0.286. The first-order valence-electron chi connectivity index (χ1n) is 5.82. The average Bonchev–Trinajstić information content (AvgIpc) is 2.67. The van der Waals surface area contributed by atoms with Crippen LogP contribution in [-0.4, -0.2) is 23.9 Å². The monoisotopic (exact) mass is 261 g/mol.